The summed E-state index contributed by atoms with van der Waals surface area (Å²) in [7, 11) is 0. The molecule has 19 heavy (non-hydrogen) atoms. The first-order chi connectivity index (χ1) is 9.02. The van der Waals surface area contributed by atoms with Crippen molar-refractivity contribution in [2.24, 2.45) is 0 Å². The van der Waals surface area contributed by atoms with Crippen LogP contribution in [0.2, 0.25) is 0 Å². The number of benzene rings is 1. The fourth-order valence-corrected chi connectivity index (χ4v) is 2.36. The van der Waals surface area contributed by atoms with Crippen LogP contribution in [0.15, 0.2) is 30.3 Å². The average molecular weight is 265 g/mol. The summed E-state index contributed by atoms with van der Waals surface area (Å²) in [6.45, 7) is 1.86. The number of carbonyl (C=O) groups is 1. The lowest BCUT2D eigenvalue weighted by molar-refractivity contribution is 0.0573. The second-order valence-electron chi connectivity index (χ2n) is 5.21. The van der Waals surface area contributed by atoms with Gasteiger partial charge in [0.2, 0.25) is 0 Å². The van der Waals surface area contributed by atoms with E-state index in [1.54, 1.807) is 6.92 Å². The van der Waals surface area contributed by atoms with Crippen molar-refractivity contribution in [2.75, 3.05) is 13.2 Å². The summed E-state index contributed by atoms with van der Waals surface area (Å²) in [5, 5.41) is 19.2. The zero-order chi connectivity index (χ0) is 13.9. The minimum Gasteiger partial charge on any atom is -0.445 e. The summed E-state index contributed by atoms with van der Waals surface area (Å²) in [5.74, 6) is 0. The van der Waals surface area contributed by atoms with E-state index in [2.05, 4.69) is 0 Å². The molecule has 0 radical (unpaired) electrons. The van der Waals surface area contributed by atoms with Gasteiger partial charge in [-0.3, -0.25) is 4.90 Å². The number of hydrogen-bond acceptors (Lipinski definition) is 4. The molecule has 1 fully saturated rings. The van der Waals surface area contributed by atoms with Crippen LogP contribution in [0.25, 0.3) is 0 Å². The molecule has 0 aromatic heterocycles. The van der Waals surface area contributed by atoms with Crippen LogP contribution in [0.1, 0.15) is 18.9 Å². The van der Waals surface area contributed by atoms with Crippen molar-refractivity contribution in [3.63, 3.8) is 0 Å². The van der Waals surface area contributed by atoms with Gasteiger partial charge in [0.05, 0.1) is 24.8 Å². The second-order valence-corrected chi connectivity index (χ2v) is 5.21. The van der Waals surface area contributed by atoms with Crippen molar-refractivity contribution in [2.45, 2.75) is 31.6 Å². The predicted octanol–water partition coefficient (Wildman–Crippen LogP) is 1.14. The van der Waals surface area contributed by atoms with Crippen LogP contribution in [0.5, 0.6) is 0 Å². The molecule has 1 saturated heterocycles. The number of likely N-dealkylation sites (tertiary alicyclic amines) is 1. The molecule has 1 heterocycles. The van der Waals surface area contributed by atoms with Crippen molar-refractivity contribution >= 4 is 6.09 Å². The topological polar surface area (TPSA) is 70.0 Å². The molecule has 2 N–H and O–H groups in total. The molecular formula is C14H19NO4. The highest BCUT2D eigenvalue weighted by Gasteiger charge is 2.42. The first-order valence-electron chi connectivity index (χ1n) is 6.32. The van der Waals surface area contributed by atoms with Gasteiger partial charge in [0.15, 0.2) is 0 Å². The van der Waals surface area contributed by atoms with Crippen LogP contribution in [0.4, 0.5) is 4.79 Å². The minimum absolute atomic E-state index is 0.170. The molecule has 104 valence electrons. The molecule has 0 bridgehead atoms. The standard InChI is InChI=1S/C14H19NO4/c1-14(18)7-12(8-16)15(10-14)13(17)19-9-11-5-3-2-4-6-11/h2-6,12,16,18H,7-10H2,1H3/t12-,14-/m0/s1. The van der Waals surface area contributed by atoms with Crippen molar-refractivity contribution in [3.8, 4) is 0 Å². The molecule has 1 amide bonds. The van der Waals surface area contributed by atoms with E-state index < -0.39 is 11.7 Å². The largest absolute Gasteiger partial charge is 0.445 e. The maximum Gasteiger partial charge on any atom is 0.410 e. The number of amides is 1. The lowest BCUT2D eigenvalue weighted by atomic mass is 10.0. The molecule has 1 aromatic rings. The van der Waals surface area contributed by atoms with Gasteiger partial charge in [-0.05, 0) is 12.5 Å². The summed E-state index contributed by atoms with van der Waals surface area (Å²) >= 11 is 0. The van der Waals surface area contributed by atoms with E-state index in [1.165, 1.54) is 4.90 Å². The zero-order valence-electron chi connectivity index (χ0n) is 11.0. The van der Waals surface area contributed by atoms with Gasteiger partial charge >= 0.3 is 6.09 Å². The smallest absolute Gasteiger partial charge is 0.410 e. The van der Waals surface area contributed by atoms with Gasteiger partial charge in [0, 0.05) is 6.42 Å². The first kappa shape index (κ1) is 13.8. The Balaban J connectivity index is 1.93. The van der Waals surface area contributed by atoms with Crippen molar-refractivity contribution in [1.29, 1.82) is 0 Å². The van der Waals surface area contributed by atoms with Gasteiger partial charge in [-0.15, -0.1) is 0 Å². The van der Waals surface area contributed by atoms with Gasteiger partial charge in [-0.25, -0.2) is 4.79 Å². The lowest BCUT2D eigenvalue weighted by Crippen LogP contribution is -2.39. The van der Waals surface area contributed by atoms with E-state index in [-0.39, 0.29) is 25.8 Å². The molecule has 0 saturated carbocycles. The van der Waals surface area contributed by atoms with Crippen molar-refractivity contribution < 1.29 is 19.7 Å². The van der Waals surface area contributed by atoms with Crippen LogP contribution >= 0.6 is 0 Å². The molecule has 1 aromatic carbocycles. The minimum atomic E-state index is -0.959. The molecule has 5 nitrogen and oxygen atoms in total. The van der Waals surface area contributed by atoms with E-state index in [9.17, 15) is 15.0 Å². The fourth-order valence-electron chi connectivity index (χ4n) is 2.36. The zero-order valence-corrected chi connectivity index (χ0v) is 11.0. The van der Waals surface area contributed by atoms with Gasteiger partial charge in [0.25, 0.3) is 0 Å². The summed E-state index contributed by atoms with van der Waals surface area (Å²) in [6, 6.07) is 9.01. The SMILES string of the molecule is C[C@]1(O)C[C@@H](CO)N(C(=O)OCc2ccccc2)C1. The molecule has 0 spiro atoms. The van der Waals surface area contributed by atoms with Crippen LogP contribution in [-0.4, -0.2) is 46.0 Å². The number of rotatable bonds is 3. The number of β-amino-alcohol motifs (C(OH)–C–C–N with tert-alkyl or cyclic N) is 1. The third-order valence-corrected chi connectivity index (χ3v) is 3.28. The van der Waals surface area contributed by atoms with Crippen molar-refractivity contribution in [1.82, 2.24) is 4.90 Å². The summed E-state index contributed by atoms with van der Waals surface area (Å²) < 4.78 is 5.20. The van der Waals surface area contributed by atoms with E-state index >= 15 is 0 Å². The molecule has 2 rings (SSSR count). The van der Waals surface area contributed by atoms with Crippen LogP contribution < -0.4 is 0 Å². The second kappa shape index (κ2) is 5.59. The quantitative estimate of drug-likeness (QED) is 0.860. The Morgan fingerprint density at radius 1 is 1.47 bits per heavy atom. The molecule has 1 aliphatic rings. The van der Waals surface area contributed by atoms with Gasteiger partial charge in [0.1, 0.15) is 6.61 Å². The maximum absolute atomic E-state index is 12.0. The third kappa shape index (κ3) is 3.45. The van der Waals surface area contributed by atoms with Gasteiger partial charge in [-0.1, -0.05) is 30.3 Å². The number of nitrogens with zero attached hydrogens (tertiary/aromatic N) is 1. The van der Waals surface area contributed by atoms with Crippen molar-refractivity contribution in [3.05, 3.63) is 35.9 Å². The Labute approximate surface area is 112 Å². The molecule has 0 unspecified atom stereocenters. The van der Waals surface area contributed by atoms with Crippen LogP contribution in [0, 0.1) is 0 Å². The van der Waals surface area contributed by atoms with E-state index in [4.69, 9.17) is 4.74 Å². The molecule has 5 heteroatoms. The molecule has 2 atom stereocenters. The number of ether oxygens (including phenoxy) is 1. The molecular weight excluding hydrogens is 246 g/mol. The molecule has 0 aliphatic carbocycles. The van der Waals surface area contributed by atoms with E-state index in [1.807, 2.05) is 30.3 Å². The Bertz CT molecular complexity index is 432. The average Bonchev–Trinajstić information content (AvgIpc) is 2.72. The predicted molar refractivity (Wildman–Crippen MR) is 69.4 cm³/mol. The summed E-state index contributed by atoms with van der Waals surface area (Å²) in [6.07, 6.45) is -0.134. The first-order valence-corrected chi connectivity index (χ1v) is 6.32. The monoisotopic (exact) mass is 265 g/mol. The highest BCUT2D eigenvalue weighted by Crippen LogP contribution is 2.27. The van der Waals surface area contributed by atoms with Crippen LogP contribution in [0.3, 0.4) is 0 Å². The highest BCUT2D eigenvalue weighted by atomic mass is 16.6. The number of hydrogen-bond donors (Lipinski definition) is 2. The molecule has 1 aliphatic heterocycles. The normalized spacial score (nSPS) is 26.5. The van der Waals surface area contributed by atoms with Gasteiger partial charge < -0.3 is 14.9 Å². The number of aliphatic hydroxyl groups is 2. The van der Waals surface area contributed by atoms with E-state index in [0.717, 1.165) is 5.56 Å². The lowest BCUT2D eigenvalue weighted by Gasteiger charge is -2.22. The Morgan fingerprint density at radius 3 is 2.79 bits per heavy atom. The Hall–Kier alpha value is -1.59. The third-order valence-electron chi connectivity index (χ3n) is 3.28. The summed E-state index contributed by atoms with van der Waals surface area (Å²) in [4.78, 5) is 13.3. The summed E-state index contributed by atoms with van der Waals surface area (Å²) in [5.41, 5.74) is -0.0542. The Morgan fingerprint density at radius 2 is 2.16 bits per heavy atom. The number of carbonyl (C=O) groups excluding carboxylic acids is 1. The van der Waals surface area contributed by atoms with Crippen LogP contribution in [-0.2, 0) is 11.3 Å². The fraction of sp³-hybridized carbons (Fsp3) is 0.500. The Kier molecular flexibility index (Phi) is 4.07. The van der Waals surface area contributed by atoms with Gasteiger partial charge in [-0.2, -0.15) is 0 Å². The highest BCUT2D eigenvalue weighted by molar-refractivity contribution is 5.68. The maximum atomic E-state index is 12.0. The van der Waals surface area contributed by atoms with E-state index in [0.29, 0.717) is 6.42 Å². The number of aliphatic hydroxyl groups excluding tert-OH is 1.